The second kappa shape index (κ2) is 6.74. The number of carbonyl (C=O) groups is 1. The van der Waals surface area contributed by atoms with Gasteiger partial charge in [-0.2, -0.15) is 0 Å². The monoisotopic (exact) mass is 291 g/mol. The van der Waals surface area contributed by atoms with Gasteiger partial charge in [-0.3, -0.25) is 4.79 Å². The van der Waals surface area contributed by atoms with Gasteiger partial charge in [-0.05, 0) is 19.8 Å². The van der Waals surface area contributed by atoms with E-state index in [9.17, 15) is 13.2 Å². The summed E-state index contributed by atoms with van der Waals surface area (Å²) >= 11 is 0. The number of oxime groups is 1. The van der Waals surface area contributed by atoms with Gasteiger partial charge in [0.25, 0.3) is 0 Å². The summed E-state index contributed by atoms with van der Waals surface area (Å²) in [5.41, 5.74) is 5.35. The van der Waals surface area contributed by atoms with Crippen molar-refractivity contribution in [1.82, 2.24) is 4.90 Å². The van der Waals surface area contributed by atoms with Crippen LogP contribution in [0.5, 0.6) is 0 Å². The van der Waals surface area contributed by atoms with E-state index in [2.05, 4.69) is 5.16 Å². The van der Waals surface area contributed by atoms with Crippen LogP contribution < -0.4 is 5.73 Å². The normalized spacial score (nSPS) is 23.0. The maximum atomic E-state index is 12.2. The second-order valence-corrected chi connectivity index (χ2v) is 6.91. The van der Waals surface area contributed by atoms with Crippen molar-refractivity contribution in [2.45, 2.75) is 37.9 Å². The molecule has 1 aliphatic heterocycles. The SMILES string of the molecule is CCN(CCC(N)=NO)C(=O)C1CCCCS1(=O)=O. The van der Waals surface area contributed by atoms with Gasteiger partial charge < -0.3 is 15.8 Å². The summed E-state index contributed by atoms with van der Waals surface area (Å²) in [6.07, 6.45) is 2.00. The summed E-state index contributed by atoms with van der Waals surface area (Å²) in [6, 6.07) is 0. The fourth-order valence-corrected chi connectivity index (χ4v) is 4.03. The molecule has 1 unspecified atom stereocenters. The van der Waals surface area contributed by atoms with Gasteiger partial charge in [-0.15, -0.1) is 0 Å². The summed E-state index contributed by atoms with van der Waals surface area (Å²) in [5.74, 6) is -0.257. The Morgan fingerprint density at radius 3 is 2.68 bits per heavy atom. The Balaban J connectivity index is 2.72. The lowest BCUT2D eigenvalue weighted by atomic mass is 10.1. The molecule has 0 spiro atoms. The summed E-state index contributed by atoms with van der Waals surface area (Å²) in [4.78, 5) is 13.7. The van der Waals surface area contributed by atoms with Crippen LogP contribution in [0.25, 0.3) is 0 Å². The molecule has 0 aliphatic carbocycles. The van der Waals surface area contributed by atoms with E-state index in [1.807, 2.05) is 0 Å². The molecule has 1 amide bonds. The van der Waals surface area contributed by atoms with Gasteiger partial charge in [0.05, 0.1) is 5.75 Å². The van der Waals surface area contributed by atoms with Crippen molar-refractivity contribution in [3.8, 4) is 0 Å². The lowest BCUT2D eigenvalue weighted by Gasteiger charge is -2.28. The van der Waals surface area contributed by atoms with Crippen LogP contribution in [-0.2, 0) is 14.6 Å². The quantitative estimate of drug-likeness (QED) is 0.319. The number of hydrogen-bond acceptors (Lipinski definition) is 5. The van der Waals surface area contributed by atoms with Crippen LogP contribution >= 0.6 is 0 Å². The van der Waals surface area contributed by atoms with Crippen molar-refractivity contribution < 1.29 is 18.4 Å². The van der Waals surface area contributed by atoms with Crippen molar-refractivity contribution >= 4 is 21.6 Å². The minimum absolute atomic E-state index is 0.0257. The Labute approximate surface area is 113 Å². The van der Waals surface area contributed by atoms with Crippen molar-refractivity contribution in [2.75, 3.05) is 18.8 Å². The van der Waals surface area contributed by atoms with E-state index in [0.29, 0.717) is 19.4 Å². The lowest BCUT2D eigenvalue weighted by Crippen LogP contribution is -2.46. The highest BCUT2D eigenvalue weighted by atomic mass is 32.2. The molecule has 1 aliphatic rings. The minimum Gasteiger partial charge on any atom is -0.409 e. The molecule has 1 fully saturated rings. The zero-order valence-corrected chi connectivity index (χ0v) is 11.9. The molecule has 1 heterocycles. The van der Waals surface area contributed by atoms with E-state index in [1.165, 1.54) is 4.90 Å². The molecule has 0 saturated carbocycles. The fraction of sp³-hybridized carbons (Fsp3) is 0.818. The van der Waals surface area contributed by atoms with Crippen molar-refractivity contribution in [1.29, 1.82) is 0 Å². The molecule has 0 aromatic rings. The first kappa shape index (κ1) is 15.7. The first-order valence-electron chi connectivity index (χ1n) is 6.39. The van der Waals surface area contributed by atoms with Gasteiger partial charge in [0.2, 0.25) is 5.91 Å². The number of nitrogens with zero attached hydrogens (tertiary/aromatic N) is 2. The summed E-state index contributed by atoms with van der Waals surface area (Å²) in [6.45, 7) is 2.44. The fourth-order valence-electron chi connectivity index (χ4n) is 2.16. The third kappa shape index (κ3) is 4.09. The molecule has 0 bridgehead atoms. The zero-order valence-electron chi connectivity index (χ0n) is 11.1. The van der Waals surface area contributed by atoms with Crippen LogP contribution in [0.4, 0.5) is 0 Å². The van der Waals surface area contributed by atoms with Gasteiger partial charge in [0.15, 0.2) is 9.84 Å². The number of hydrogen-bond donors (Lipinski definition) is 2. The molecule has 1 saturated heterocycles. The molecule has 8 heteroatoms. The molecule has 0 radical (unpaired) electrons. The number of carbonyl (C=O) groups excluding carboxylic acids is 1. The van der Waals surface area contributed by atoms with E-state index < -0.39 is 15.1 Å². The highest BCUT2D eigenvalue weighted by Gasteiger charge is 2.36. The number of amidine groups is 1. The van der Waals surface area contributed by atoms with Gasteiger partial charge in [-0.1, -0.05) is 11.6 Å². The third-order valence-corrected chi connectivity index (χ3v) is 5.48. The highest BCUT2D eigenvalue weighted by molar-refractivity contribution is 7.92. The number of nitrogens with two attached hydrogens (primary N) is 1. The Hall–Kier alpha value is -1.31. The van der Waals surface area contributed by atoms with E-state index in [-0.39, 0.29) is 30.5 Å². The largest absolute Gasteiger partial charge is 0.409 e. The minimum atomic E-state index is -3.32. The summed E-state index contributed by atoms with van der Waals surface area (Å²) in [7, 11) is -3.32. The topological polar surface area (TPSA) is 113 Å². The number of rotatable bonds is 5. The average Bonchev–Trinajstić information content (AvgIpc) is 2.38. The number of amides is 1. The van der Waals surface area contributed by atoms with Crippen LogP contribution in [0, 0.1) is 0 Å². The predicted molar refractivity (Wildman–Crippen MR) is 71.7 cm³/mol. The molecule has 7 nitrogen and oxygen atoms in total. The summed E-state index contributed by atoms with van der Waals surface area (Å²) in [5, 5.41) is 10.4. The first-order chi connectivity index (χ1) is 8.92. The standard InChI is InChI=1S/C11H21N3O4S/c1-2-14(7-6-10(12)13-16)11(15)9-5-3-4-8-19(9,17)18/h9,16H,2-8H2,1H3,(H2,12,13). The molecule has 1 atom stereocenters. The second-order valence-electron chi connectivity index (χ2n) is 4.61. The van der Waals surface area contributed by atoms with Crippen molar-refractivity contribution in [2.24, 2.45) is 10.9 Å². The molecule has 0 aromatic carbocycles. The first-order valence-corrected chi connectivity index (χ1v) is 8.10. The molecule has 1 rings (SSSR count). The maximum absolute atomic E-state index is 12.2. The highest BCUT2D eigenvalue weighted by Crippen LogP contribution is 2.21. The van der Waals surface area contributed by atoms with Crippen molar-refractivity contribution in [3.05, 3.63) is 0 Å². The van der Waals surface area contributed by atoms with Gasteiger partial charge in [0.1, 0.15) is 11.1 Å². The van der Waals surface area contributed by atoms with Gasteiger partial charge in [-0.25, -0.2) is 8.42 Å². The van der Waals surface area contributed by atoms with E-state index in [4.69, 9.17) is 10.9 Å². The molecular weight excluding hydrogens is 270 g/mol. The molecule has 19 heavy (non-hydrogen) atoms. The van der Waals surface area contributed by atoms with E-state index in [0.717, 1.165) is 6.42 Å². The van der Waals surface area contributed by atoms with Crippen LogP contribution in [-0.4, -0.2) is 54.4 Å². The van der Waals surface area contributed by atoms with Crippen LogP contribution in [0.3, 0.4) is 0 Å². The predicted octanol–water partition coefficient (Wildman–Crippen LogP) is -0.0613. The maximum Gasteiger partial charge on any atom is 0.240 e. The Morgan fingerprint density at radius 1 is 1.47 bits per heavy atom. The van der Waals surface area contributed by atoms with Crippen LogP contribution in [0.15, 0.2) is 5.16 Å². The lowest BCUT2D eigenvalue weighted by molar-refractivity contribution is -0.130. The van der Waals surface area contributed by atoms with Crippen molar-refractivity contribution in [3.63, 3.8) is 0 Å². The van der Waals surface area contributed by atoms with Gasteiger partial charge in [0, 0.05) is 19.5 Å². The summed E-state index contributed by atoms with van der Waals surface area (Å²) < 4.78 is 23.8. The van der Waals surface area contributed by atoms with E-state index in [1.54, 1.807) is 6.92 Å². The van der Waals surface area contributed by atoms with E-state index >= 15 is 0 Å². The van der Waals surface area contributed by atoms with Gasteiger partial charge >= 0.3 is 0 Å². The van der Waals surface area contributed by atoms with Crippen LogP contribution in [0.1, 0.15) is 32.6 Å². The Kier molecular flexibility index (Phi) is 5.59. The third-order valence-electron chi connectivity index (χ3n) is 3.31. The number of sulfone groups is 1. The average molecular weight is 291 g/mol. The Bertz CT molecular complexity index is 447. The molecular formula is C11H21N3O4S. The Morgan fingerprint density at radius 2 is 2.16 bits per heavy atom. The smallest absolute Gasteiger partial charge is 0.240 e. The molecule has 0 aromatic heterocycles. The zero-order chi connectivity index (χ0) is 14.5. The molecule has 110 valence electrons. The van der Waals surface area contributed by atoms with Crippen LogP contribution in [0.2, 0.25) is 0 Å². The molecule has 3 N–H and O–H groups in total.